The number of hydrogen-bond acceptors (Lipinski definition) is 3. The lowest BCUT2D eigenvalue weighted by molar-refractivity contribution is -0.00368. The van der Waals surface area contributed by atoms with Gasteiger partial charge in [-0.25, -0.2) is 8.78 Å². The van der Waals surface area contributed by atoms with Crippen molar-refractivity contribution in [2.24, 2.45) is 11.5 Å². The molecule has 0 aliphatic carbocycles. The Hall–Kier alpha value is -0.260. The smallest absolute Gasteiger partial charge is 0.261 e. The molecule has 0 saturated carbocycles. The first-order valence-electron chi connectivity index (χ1n) is 4.11. The third kappa shape index (κ3) is 6.45. The van der Waals surface area contributed by atoms with E-state index in [2.05, 4.69) is 5.32 Å². The van der Waals surface area contributed by atoms with Gasteiger partial charge in [-0.15, -0.1) is 0 Å². The summed E-state index contributed by atoms with van der Waals surface area (Å²) in [5.74, 6) is -2.68. The molecule has 0 unspecified atom stereocenters. The number of alkyl halides is 2. The highest BCUT2D eigenvalue weighted by Gasteiger charge is 2.26. The fourth-order valence-electron chi connectivity index (χ4n) is 0.798. The normalized spacial score (nSPS) is 12.0. The highest BCUT2D eigenvalue weighted by molar-refractivity contribution is 4.69. The van der Waals surface area contributed by atoms with E-state index in [-0.39, 0.29) is 19.5 Å². The summed E-state index contributed by atoms with van der Waals surface area (Å²) in [7, 11) is 0. The Labute approximate surface area is 71.5 Å². The first-order chi connectivity index (χ1) is 5.62. The summed E-state index contributed by atoms with van der Waals surface area (Å²) in [4.78, 5) is 0. The van der Waals surface area contributed by atoms with Gasteiger partial charge in [0.05, 0.1) is 6.54 Å². The van der Waals surface area contributed by atoms with Gasteiger partial charge in [0.1, 0.15) is 0 Å². The quantitative estimate of drug-likeness (QED) is 0.481. The molecule has 0 fully saturated rings. The fraction of sp³-hybridized carbons (Fsp3) is 1.00. The molecule has 0 aromatic heterocycles. The van der Waals surface area contributed by atoms with Crippen LogP contribution in [0.25, 0.3) is 0 Å². The highest BCUT2D eigenvalue weighted by Crippen LogP contribution is 2.15. The average molecular weight is 181 g/mol. The predicted molar refractivity (Wildman–Crippen MR) is 45.2 cm³/mol. The third-order valence-corrected chi connectivity index (χ3v) is 1.45. The number of nitrogens with one attached hydrogen (secondary N) is 1. The van der Waals surface area contributed by atoms with Crippen LogP contribution in [0, 0.1) is 0 Å². The summed E-state index contributed by atoms with van der Waals surface area (Å²) in [5.41, 5.74) is 10.2. The zero-order valence-corrected chi connectivity index (χ0v) is 7.15. The van der Waals surface area contributed by atoms with Gasteiger partial charge < -0.3 is 16.8 Å². The van der Waals surface area contributed by atoms with Gasteiger partial charge in [0.25, 0.3) is 5.92 Å². The summed E-state index contributed by atoms with van der Waals surface area (Å²) in [5, 5.41) is 2.63. The van der Waals surface area contributed by atoms with Crippen molar-refractivity contribution in [2.45, 2.75) is 18.8 Å². The van der Waals surface area contributed by atoms with E-state index >= 15 is 0 Å². The second-order valence-corrected chi connectivity index (χ2v) is 2.71. The van der Waals surface area contributed by atoms with E-state index in [1.807, 2.05) is 0 Å². The van der Waals surface area contributed by atoms with Crippen molar-refractivity contribution in [3.05, 3.63) is 0 Å². The van der Waals surface area contributed by atoms with Gasteiger partial charge in [-0.3, -0.25) is 0 Å². The maximum Gasteiger partial charge on any atom is 0.261 e. The maximum atomic E-state index is 12.7. The van der Waals surface area contributed by atoms with Crippen molar-refractivity contribution in [1.29, 1.82) is 0 Å². The molecule has 0 saturated heterocycles. The minimum absolute atomic E-state index is 0.0194. The highest BCUT2D eigenvalue weighted by atomic mass is 19.3. The molecule has 0 aromatic rings. The molecule has 0 bridgehead atoms. The van der Waals surface area contributed by atoms with Crippen molar-refractivity contribution < 1.29 is 8.78 Å². The van der Waals surface area contributed by atoms with E-state index in [0.717, 1.165) is 6.42 Å². The molecular weight excluding hydrogens is 164 g/mol. The van der Waals surface area contributed by atoms with Gasteiger partial charge in [0.15, 0.2) is 0 Å². The lowest BCUT2D eigenvalue weighted by Crippen LogP contribution is -2.35. The Kier molecular flexibility index (Phi) is 6.14. The monoisotopic (exact) mass is 181 g/mol. The first kappa shape index (κ1) is 11.7. The fourth-order valence-corrected chi connectivity index (χ4v) is 0.798. The van der Waals surface area contributed by atoms with Gasteiger partial charge in [-0.1, -0.05) is 0 Å². The summed E-state index contributed by atoms with van der Waals surface area (Å²) in [6.07, 6.45) is 0.460. The van der Waals surface area contributed by atoms with E-state index in [9.17, 15) is 8.78 Å². The lowest BCUT2D eigenvalue weighted by Gasteiger charge is -2.15. The molecule has 74 valence electrons. The third-order valence-electron chi connectivity index (χ3n) is 1.45. The van der Waals surface area contributed by atoms with Gasteiger partial charge in [0, 0.05) is 6.42 Å². The zero-order valence-electron chi connectivity index (χ0n) is 7.15. The Morgan fingerprint density at radius 3 is 2.33 bits per heavy atom. The van der Waals surface area contributed by atoms with Crippen LogP contribution < -0.4 is 16.8 Å². The van der Waals surface area contributed by atoms with Gasteiger partial charge >= 0.3 is 0 Å². The van der Waals surface area contributed by atoms with Crippen LogP contribution >= 0.6 is 0 Å². The molecule has 0 atom stereocenters. The average Bonchev–Trinajstić information content (AvgIpc) is 1.98. The Balaban J connectivity index is 3.33. The van der Waals surface area contributed by atoms with Crippen molar-refractivity contribution >= 4 is 0 Å². The molecule has 0 aliphatic heterocycles. The second-order valence-electron chi connectivity index (χ2n) is 2.71. The lowest BCUT2D eigenvalue weighted by atomic mass is 10.2. The van der Waals surface area contributed by atoms with Crippen molar-refractivity contribution in [3.63, 3.8) is 0 Å². The number of hydrogen-bond donors (Lipinski definition) is 3. The van der Waals surface area contributed by atoms with Gasteiger partial charge in [0.2, 0.25) is 0 Å². The first-order valence-corrected chi connectivity index (χ1v) is 4.11. The maximum absolute atomic E-state index is 12.7. The van der Waals surface area contributed by atoms with Crippen LogP contribution in [0.15, 0.2) is 0 Å². The largest absolute Gasteiger partial charge is 0.330 e. The number of rotatable bonds is 7. The van der Waals surface area contributed by atoms with Gasteiger partial charge in [-0.05, 0) is 26.1 Å². The Morgan fingerprint density at radius 1 is 1.17 bits per heavy atom. The molecule has 3 nitrogen and oxygen atoms in total. The molecule has 0 radical (unpaired) electrons. The Morgan fingerprint density at radius 2 is 1.83 bits per heavy atom. The van der Waals surface area contributed by atoms with E-state index in [1.54, 1.807) is 0 Å². The van der Waals surface area contributed by atoms with Gasteiger partial charge in [-0.2, -0.15) is 0 Å². The molecule has 0 rings (SSSR count). The molecular formula is C7H17F2N3. The van der Waals surface area contributed by atoms with Crippen LogP contribution in [-0.4, -0.2) is 32.1 Å². The van der Waals surface area contributed by atoms with E-state index < -0.39 is 5.92 Å². The van der Waals surface area contributed by atoms with E-state index in [0.29, 0.717) is 13.1 Å². The minimum atomic E-state index is -2.68. The zero-order chi connectivity index (χ0) is 9.45. The van der Waals surface area contributed by atoms with Crippen LogP contribution in [0.1, 0.15) is 12.8 Å². The van der Waals surface area contributed by atoms with E-state index in [1.165, 1.54) is 0 Å². The SMILES string of the molecule is NCCCNCC(F)(F)CCN. The molecule has 0 spiro atoms. The Bertz CT molecular complexity index is 109. The standard InChI is InChI=1S/C7H17F2N3/c8-7(9,2-4-11)6-12-5-1-3-10/h12H,1-6,10-11H2. The summed E-state index contributed by atoms with van der Waals surface area (Å²) >= 11 is 0. The van der Waals surface area contributed by atoms with Crippen LogP contribution in [0.2, 0.25) is 0 Å². The topological polar surface area (TPSA) is 64.1 Å². The molecule has 5 heteroatoms. The predicted octanol–water partition coefficient (Wildman–Crippen LogP) is -0.0911. The molecule has 0 heterocycles. The van der Waals surface area contributed by atoms with E-state index in [4.69, 9.17) is 11.5 Å². The molecule has 0 amide bonds. The summed E-state index contributed by atoms with van der Waals surface area (Å²) < 4.78 is 25.4. The number of halogens is 2. The second kappa shape index (κ2) is 6.28. The molecule has 0 aromatic carbocycles. The molecule has 12 heavy (non-hydrogen) atoms. The molecule has 0 aliphatic rings. The van der Waals surface area contributed by atoms with Crippen LogP contribution in [0.4, 0.5) is 8.78 Å². The van der Waals surface area contributed by atoms with Crippen LogP contribution in [0.5, 0.6) is 0 Å². The molecule has 5 N–H and O–H groups in total. The number of nitrogens with two attached hydrogens (primary N) is 2. The minimum Gasteiger partial charge on any atom is -0.330 e. The van der Waals surface area contributed by atoms with Crippen molar-refractivity contribution in [3.8, 4) is 0 Å². The van der Waals surface area contributed by atoms with Crippen molar-refractivity contribution in [1.82, 2.24) is 5.32 Å². The van der Waals surface area contributed by atoms with Crippen LogP contribution in [-0.2, 0) is 0 Å². The summed E-state index contributed by atoms with van der Waals surface area (Å²) in [6.45, 7) is 0.780. The van der Waals surface area contributed by atoms with Crippen molar-refractivity contribution in [2.75, 3.05) is 26.2 Å². The van der Waals surface area contributed by atoms with Crippen LogP contribution in [0.3, 0.4) is 0 Å². The summed E-state index contributed by atoms with van der Waals surface area (Å²) in [6, 6.07) is 0.